The molecule has 1 amide bonds. The minimum Gasteiger partial charge on any atom is -0.349 e. The molecule has 1 atom stereocenters. The SMILES string of the molecule is C[C@@H](NC(=O)CSc1ccc(Br)cc1)c1ccc(F)cc1. The molecule has 110 valence electrons. The van der Waals surface area contributed by atoms with E-state index in [-0.39, 0.29) is 17.8 Å². The lowest BCUT2D eigenvalue weighted by atomic mass is 10.1. The Balaban J connectivity index is 1.83. The fourth-order valence-corrected chi connectivity index (χ4v) is 2.77. The van der Waals surface area contributed by atoms with Crippen LogP contribution in [0.1, 0.15) is 18.5 Å². The molecule has 0 saturated heterocycles. The average Bonchev–Trinajstić information content (AvgIpc) is 2.47. The van der Waals surface area contributed by atoms with Crippen molar-refractivity contribution in [2.24, 2.45) is 0 Å². The van der Waals surface area contributed by atoms with Crippen molar-refractivity contribution in [2.45, 2.75) is 17.9 Å². The van der Waals surface area contributed by atoms with Gasteiger partial charge in [-0.05, 0) is 48.9 Å². The molecular formula is C16H15BrFNOS. The van der Waals surface area contributed by atoms with Gasteiger partial charge in [0.05, 0.1) is 11.8 Å². The van der Waals surface area contributed by atoms with Crippen LogP contribution in [0.4, 0.5) is 4.39 Å². The molecule has 0 fully saturated rings. The number of halogens is 2. The van der Waals surface area contributed by atoms with E-state index >= 15 is 0 Å². The summed E-state index contributed by atoms with van der Waals surface area (Å²) in [5.74, 6) is 0.0375. The van der Waals surface area contributed by atoms with Crippen LogP contribution in [0, 0.1) is 5.82 Å². The van der Waals surface area contributed by atoms with Gasteiger partial charge in [0.1, 0.15) is 5.82 Å². The lowest BCUT2D eigenvalue weighted by Gasteiger charge is -2.14. The maximum absolute atomic E-state index is 12.9. The summed E-state index contributed by atoms with van der Waals surface area (Å²) >= 11 is 4.86. The number of thioether (sulfide) groups is 1. The minimum atomic E-state index is -0.275. The molecule has 5 heteroatoms. The average molecular weight is 368 g/mol. The fourth-order valence-electron chi connectivity index (χ4n) is 1.80. The standard InChI is InChI=1S/C16H15BrFNOS/c1-11(12-2-6-14(18)7-3-12)19-16(20)10-21-15-8-4-13(17)5-9-15/h2-9,11H,10H2,1H3,(H,19,20)/t11-/m1/s1. The largest absolute Gasteiger partial charge is 0.349 e. The van der Waals surface area contributed by atoms with Gasteiger partial charge in [0.25, 0.3) is 0 Å². The summed E-state index contributed by atoms with van der Waals surface area (Å²) in [4.78, 5) is 13.0. The van der Waals surface area contributed by atoms with Gasteiger partial charge in [-0.3, -0.25) is 4.79 Å². The van der Waals surface area contributed by atoms with Gasteiger partial charge in [-0.15, -0.1) is 11.8 Å². The number of carbonyl (C=O) groups is 1. The quantitative estimate of drug-likeness (QED) is 0.784. The van der Waals surface area contributed by atoms with Gasteiger partial charge in [-0.2, -0.15) is 0 Å². The van der Waals surface area contributed by atoms with E-state index in [2.05, 4.69) is 21.2 Å². The molecule has 1 N–H and O–H groups in total. The van der Waals surface area contributed by atoms with E-state index in [4.69, 9.17) is 0 Å². The van der Waals surface area contributed by atoms with Crippen LogP contribution in [0.2, 0.25) is 0 Å². The molecule has 2 nitrogen and oxygen atoms in total. The summed E-state index contributed by atoms with van der Waals surface area (Å²) < 4.78 is 13.9. The van der Waals surface area contributed by atoms with Crippen LogP contribution < -0.4 is 5.32 Å². The van der Waals surface area contributed by atoms with Crippen molar-refractivity contribution in [3.05, 3.63) is 64.4 Å². The van der Waals surface area contributed by atoms with Crippen LogP contribution >= 0.6 is 27.7 Å². The third-order valence-corrected chi connectivity index (χ3v) is 4.47. The van der Waals surface area contributed by atoms with Gasteiger partial charge in [0.2, 0.25) is 5.91 Å². The predicted molar refractivity (Wildman–Crippen MR) is 87.8 cm³/mol. The molecule has 2 rings (SSSR count). The number of benzene rings is 2. The van der Waals surface area contributed by atoms with Crippen molar-refractivity contribution in [2.75, 3.05) is 5.75 Å². The summed E-state index contributed by atoms with van der Waals surface area (Å²) in [6.45, 7) is 1.88. The number of rotatable bonds is 5. The highest BCUT2D eigenvalue weighted by atomic mass is 79.9. The zero-order valence-electron chi connectivity index (χ0n) is 11.5. The molecule has 0 spiro atoms. The molecule has 0 aliphatic heterocycles. The van der Waals surface area contributed by atoms with Crippen LogP contribution in [0.25, 0.3) is 0 Å². The summed E-state index contributed by atoms with van der Waals surface area (Å²) in [5, 5.41) is 2.91. The Morgan fingerprint density at radius 3 is 2.43 bits per heavy atom. The maximum Gasteiger partial charge on any atom is 0.230 e. The number of hydrogen-bond acceptors (Lipinski definition) is 2. The van der Waals surface area contributed by atoms with E-state index < -0.39 is 0 Å². The van der Waals surface area contributed by atoms with Crippen LogP contribution in [0.5, 0.6) is 0 Å². The molecule has 0 unspecified atom stereocenters. The molecule has 0 radical (unpaired) electrons. The maximum atomic E-state index is 12.9. The number of amides is 1. The van der Waals surface area contributed by atoms with E-state index in [9.17, 15) is 9.18 Å². The fraction of sp³-hybridized carbons (Fsp3) is 0.188. The van der Waals surface area contributed by atoms with E-state index in [0.29, 0.717) is 5.75 Å². The molecule has 0 heterocycles. The molecule has 0 aliphatic carbocycles. The first-order valence-electron chi connectivity index (χ1n) is 6.48. The van der Waals surface area contributed by atoms with Gasteiger partial charge in [0, 0.05) is 9.37 Å². The lowest BCUT2D eigenvalue weighted by Crippen LogP contribution is -2.28. The monoisotopic (exact) mass is 367 g/mol. The molecular weight excluding hydrogens is 353 g/mol. The van der Waals surface area contributed by atoms with Crippen molar-refractivity contribution >= 4 is 33.6 Å². The second-order valence-corrected chi connectivity index (χ2v) is 6.55. The second kappa shape index (κ2) is 7.61. The Morgan fingerprint density at radius 1 is 1.19 bits per heavy atom. The van der Waals surface area contributed by atoms with Crippen molar-refractivity contribution in [1.82, 2.24) is 5.32 Å². The van der Waals surface area contributed by atoms with Crippen molar-refractivity contribution in [3.63, 3.8) is 0 Å². The van der Waals surface area contributed by atoms with Gasteiger partial charge < -0.3 is 5.32 Å². The van der Waals surface area contributed by atoms with E-state index in [1.165, 1.54) is 23.9 Å². The molecule has 2 aromatic rings. The Labute approximate surface area is 136 Å². The highest BCUT2D eigenvalue weighted by Crippen LogP contribution is 2.21. The highest BCUT2D eigenvalue weighted by molar-refractivity contribution is 9.10. The molecule has 0 saturated carbocycles. The molecule has 0 bridgehead atoms. The number of hydrogen-bond donors (Lipinski definition) is 1. The van der Waals surface area contributed by atoms with E-state index in [1.807, 2.05) is 31.2 Å². The Morgan fingerprint density at radius 2 is 1.81 bits per heavy atom. The van der Waals surface area contributed by atoms with E-state index in [0.717, 1.165) is 14.9 Å². The smallest absolute Gasteiger partial charge is 0.230 e. The van der Waals surface area contributed by atoms with Crippen LogP contribution in [-0.4, -0.2) is 11.7 Å². The highest BCUT2D eigenvalue weighted by Gasteiger charge is 2.10. The molecule has 0 aromatic heterocycles. The topological polar surface area (TPSA) is 29.1 Å². The zero-order valence-corrected chi connectivity index (χ0v) is 13.9. The van der Waals surface area contributed by atoms with Crippen LogP contribution in [0.3, 0.4) is 0 Å². The first kappa shape index (κ1) is 16.0. The first-order chi connectivity index (χ1) is 10.0. The minimum absolute atomic E-state index is 0.0419. The lowest BCUT2D eigenvalue weighted by molar-refractivity contribution is -0.119. The zero-order chi connectivity index (χ0) is 15.2. The van der Waals surface area contributed by atoms with Gasteiger partial charge in [0.15, 0.2) is 0 Å². The van der Waals surface area contributed by atoms with Crippen molar-refractivity contribution in [1.29, 1.82) is 0 Å². The number of nitrogens with one attached hydrogen (secondary N) is 1. The third-order valence-electron chi connectivity index (χ3n) is 2.93. The normalized spacial score (nSPS) is 12.0. The predicted octanol–water partition coefficient (Wildman–Crippen LogP) is 4.56. The Kier molecular flexibility index (Phi) is 5.82. The van der Waals surface area contributed by atoms with Crippen molar-refractivity contribution in [3.8, 4) is 0 Å². The van der Waals surface area contributed by atoms with Gasteiger partial charge in [-0.25, -0.2) is 4.39 Å². The third kappa shape index (κ3) is 5.17. The van der Waals surface area contributed by atoms with Crippen LogP contribution in [-0.2, 0) is 4.79 Å². The Bertz CT molecular complexity index is 601. The summed E-state index contributed by atoms with van der Waals surface area (Å²) in [7, 11) is 0. The van der Waals surface area contributed by atoms with Gasteiger partial charge in [-0.1, -0.05) is 28.1 Å². The Hall–Kier alpha value is -1.33. The summed E-state index contributed by atoms with van der Waals surface area (Å²) in [6.07, 6.45) is 0. The second-order valence-electron chi connectivity index (χ2n) is 4.58. The molecule has 2 aromatic carbocycles. The number of carbonyl (C=O) groups excluding carboxylic acids is 1. The summed E-state index contributed by atoms with van der Waals surface area (Å²) in [6, 6.07) is 13.8. The van der Waals surface area contributed by atoms with Crippen molar-refractivity contribution < 1.29 is 9.18 Å². The summed E-state index contributed by atoms with van der Waals surface area (Å²) in [5.41, 5.74) is 0.887. The van der Waals surface area contributed by atoms with Gasteiger partial charge >= 0.3 is 0 Å². The van der Waals surface area contributed by atoms with E-state index in [1.54, 1.807) is 12.1 Å². The molecule has 21 heavy (non-hydrogen) atoms. The molecule has 0 aliphatic rings. The first-order valence-corrected chi connectivity index (χ1v) is 8.25. The van der Waals surface area contributed by atoms with Crippen LogP contribution in [0.15, 0.2) is 57.9 Å².